The van der Waals surface area contributed by atoms with Crippen LogP contribution in [0.5, 0.6) is 0 Å². The van der Waals surface area contributed by atoms with Crippen LogP contribution in [-0.4, -0.2) is 12.0 Å². The molecule has 0 fully saturated rings. The monoisotopic (exact) mass is 256 g/mol. The zero-order chi connectivity index (χ0) is 13.2. The van der Waals surface area contributed by atoms with E-state index in [9.17, 15) is 4.39 Å². The molecule has 0 aliphatic heterocycles. The van der Waals surface area contributed by atoms with Crippen LogP contribution in [-0.2, 0) is 13.0 Å². The Labute approximate surface area is 112 Å². The molecule has 2 aromatic rings. The maximum Gasteiger partial charge on any atom is 0.127 e. The number of nitrogens with zero attached hydrogens (tertiary/aromatic N) is 1. The van der Waals surface area contributed by atoms with Gasteiger partial charge in [-0.3, -0.25) is 4.98 Å². The first-order valence-corrected chi connectivity index (χ1v) is 6.66. The molecule has 1 N–H and O–H groups in total. The lowest BCUT2D eigenvalue weighted by Crippen LogP contribution is -2.07. The van der Waals surface area contributed by atoms with E-state index in [1.165, 1.54) is 5.56 Å². The van der Waals surface area contributed by atoms with Crippen LogP contribution < -0.4 is 5.32 Å². The van der Waals surface area contributed by atoms with Gasteiger partial charge < -0.3 is 5.32 Å². The van der Waals surface area contributed by atoms with Crippen LogP contribution in [0.1, 0.15) is 34.7 Å². The topological polar surface area (TPSA) is 24.9 Å². The van der Waals surface area contributed by atoms with Gasteiger partial charge in [-0.15, -0.1) is 0 Å². The molecule has 1 aromatic heterocycles. The van der Waals surface area contributed by atoms with Crippen molar-refractivity contribution in [3.8, 4) is 0 Å². The van der Waals surface area contributed by atoms with Crippen molar-refractivity contribution in [3.63, 3.8) is 0 Å². The number of fused-ring (bicyclic) bond motifs is 1. The SMILES string of the molecule is CNCc1ccc(C2CCc3cccnc32)c(F)c1. The molecule has 3 heteroatoms. The summed E-state index contributed by atoms with van der Waals surface area (Å²) in [4.78, 5) is 4.44. The number of nitrogens with one attached hydrogen (secondary N) is 1. The van der Waals surface area contributed by atoms with Gasteiger partial charge in [0.15, 0.2) is 0 Å². The molecule has 1 aliphatic rings. The highest BCUT2D eigenvalue weighted by Crippen LogP contribution is 2.37. The summed E-state index contributed by atoms with van der Waals surface area (Å²) in [6.07, 6.45) is 3.74. The third-order valence-electron chi connectivity index (χ3n) is 3.78. The summed E-state index contributed by atoms with van der Waals surface area (Å²) < 4.78 is 14.3. The largest absolute Gasteiger partial charge is 0.316 e. The Morgan fingerprint density at radius 2 is 2.26 bits per heavy atom. The Kier molecular flexibility index (Phi) is 3.30. The molecule has 0 amide bonds. The van der Waals surface area contributed by atoms with Gasteiger partial charge in [0.05, 0.1) is 5.69 Å². The zero-order valence-electron chi connectivity index (χ0n) is 11.0. The molecule has 0 spiro atoms. The molecule has 1 aliphatic carbocycles. The molecular formula is C16H17FN2. The number of benzene rings is 1. The van der Waals surface area contributed by atoms with E-state index in [1.54, 1.807) is 12.3 Å². The van der Waals surface area contributed by atoms with Crippen LogP contribution in [0.3, 0.4) is 0 Å². The molecule has 2 nitrogen and oxygen atoms in total. The molecule has 1 unspecified atom stereocenters. The number of hydrogen-bond donors (Lipinski definition) is 1. The maximum atomic E-state index is 14.3. The molecule has 98 valence electrons. The van der Waals surface area contributed by atoms with E-state index in [0.29, 0.717) is 6.54 Å². The van der Waals surface area contributed by atoms with E-state index in [2.05, 4.69) is 16.4 Å². The van der Waals surface area contributed by atoms with Gasteiger partial charge in [-0.2, -0.15) is 0 Å². The van der Waals surface area contributed by atoms with Gasteiger partial charge in [0.1, 0.15) is 5.82 Å². The second kappa shape index (κ2) is 5.10. The molecule has 1 heterocycles. The van der Waals surface area contributed by atoms with E-state index in [1.807, 2.05) is 25.2 Å². The number of pyridine rings is 1. The minimum absolute atomic E-state index is 0.111. The van der Waals surface area contributed by atoms with Gasteiger partial charge in [-0.25, -0.2) is 4.39 Å². The van der Waals surface area contributed by atoms with Crippen molar-refractivity contribution < 1.29 is 4.39 Å². The Hall–Kier alpha value is -1.74. The first-order valence-electron chi connectivity index (χ1n) is 6.66. The molecule has 0 radical (unpaired) electrons. The number of aryl methyl sites for hydroxylation is 1. The number of halogens is 1. The summed E-state index contributed by atoms with van der Waals surface area (Å²) in [5.74, 6) is -0.00362. The lowest BCUT2D eigenvalue weighted by atomic mass is 9.95. The van der Waals surface area contributed by atoms with Gasteiger partial charge >= 0.3 is 0 Å². The molecule has 0 saturated carbocycles. The predicted molar refractivity (Wildman–Crippen MR) is 73.6 cm³/mol. The molecule has 3 rings (SSSR count). The van der Waals surface area contributed by atoms with Crippen LogP contribution in [0.4, 0.5) is 4.39 Å². The van der Waals surface area contributed by atoms with E-state index >= 15 is 0 Å². The normalized spacial score (nSPS) is 17.5. The first-order chi connectivity index (χ1) is 9.29. The third kappa shape index (κ3) is 2.26. The molecular weight excluding hydrogens is 239 g/mol. The second-order valence-corrected chi connectivity index (χ2v) is 5.03. The Bertz CT molecular complexity index is 595. The molecule has 0 bridgehead atoms. The molecule has 1 atom stereocenters. The van der Waals surface area contributed by atoms with E-state index in [0.717, 1.165) is 29.7 Å². The third-order valence-corrected chi connectivity index (χ3v) is 3.78. The lowest BCUT2D eigenvalue weighted by Gasteiger charge is -2.13. The van der Waals surface area contributed by atoms with Crippen LogP contribution in [0, 0.1) is 5.82 Å². The van der Waals surface area contributed by atoms with Crippen molar-refractivity contribution in [2.24, 2.45) is 0 Å². The van der Waals surface area contributed by atoms with Crippen LogP contribution in [0.25, 0.3) is 0 Å². The first kappa shape index (κ1) is 12.3. The zero-order valence-corrected chi connectivity index (χ0v) is 11.0. The fourth-order valence-corrected chi connectivity index (χ4v) is 2.88. The van der Waals surface area contributed by atoms with Crippen molar-refractivity contribution in [2.45, 2.75) is 25.3 Å². The summed E-state index contributed by atoms with van der Waals surface area (Å²) in [5.41, 5.74) is 4.05. The van der Waals surface area contributed by atoms with Crippen molar-refractivity contribution in [1.82, 2.24) is 10.3 Å². The highest BCUT2D eigenvalue weighted by atomic mass is 19.1. The maximum absolute atomic E-state index is 14.3. The fraction of sp³-hybridized carbons (Fsp3) is 0.312. The summed E-state index contributed by atoms with van der Waals surface area (Å²) in [7, 11) is 1.86. The van der Waals surface area contributed by atoms with Crippen molar-refractivity contribution in [3.05, 3.63) is 64.7 Å². The molecule has 0 saturated heterocycles. The van der Waals surface area contributed by atoms with Gasteiger partial charge in [0.25, 0.3) is 0 Å². The van der Waals surface area contributed by atoms with E-state index in [-0.39, 0.29) is 11.7 Å². The second-order valence-electron chi connectivity index (χ2n) is 5.03. The smallest absolute Gasteiger partial charge is 0.127 e. The average molecular weight is 256 g/mol. The van der Waals surface area contributed by atoms with Crippen molar-refractivity contribution >= 4 is 0 Å². The van der Waals surface area contributed by atoms with Crippen LogP contribution >= 0.6 is 0 Å². The van der Waals surface area contributed by atoms with E-state index in [4.69, 9.17) is 0 Å². The van der Waals surface area contributed by atoms with E-state index < -0.39 is 0 Å². The number of aromatic nitrogens is 1. The summed E-state index contributed by atoms with van der Waals surface area (Å²) >= 11 is 0. The lowest BCUT2D eigenvalue weighted by molar-refractivity contribution is 0.589. The minimum atomic E-state index is -0.115. The van der Waals surface area contributed by atoms with Gasteiger partial charge in [0.2, 0.25) is 0 Å². The van der Waals surface area contributed by atoms with Gasteiger partial charge in [0, 0.05) is 18.7 Å². The van der Waals surface area contributed by atoms with Crippen molar-refractivity contribution in [1.29, 1.82) is 0 Å². The van der Waals surface area contributed by atoms with Crippen LogP contribution in [0.2, 0.25) is 0 Å². The Morgan fingerprint density at radius 1 is 1.37 bits per heavy atom. The van der Waals surface area contributed by atoms with Crippen molar-refractivity contribution in [2.75, 3.05) is 7.05 Å². The Morgan fingerprint density at radius 3 is 3.05 bits per heavy atom. The number of hydrogen-bond acceptors (Lipinski definition) is 2. The molecule has 19 heavy (non-hydrogen) atoms. The summed E-state index contributed by atoms with van der Waals surface area (Å²) in [6, 6.07) is 9.59. The predicted octanol–water partition coefficient (Wildman–Crippen LogP) is 3.02. The molecule has 1 aromatic carbocycles. The summed E-state index contributed by atoms with van der Waals surface area (Å²) in [6.45, 7) is 0.691. The van der Waals surface area contributed by atoms with Gasteiger partial charge in [-0.1, -0.05) is 18.2 Å². The van der Waals surface area contributed by atoms with Gasteiger partial charge in [-0.05, 0) is 48.7 Å². The van der Waals surface area contributed by atoms with Crippen LogP contribution in [0.15, 0.2) is 36.5 Å². The number of rotatable bonds is 3. The quantitative estimate of drug-likeness (QED) is 0.913. The highest BCUT2D eigenvalue weighted by Gasteiger charge is 2.27. The highest BCUT2D eigenvalue weighted by molar-refractivity contribution is 5.39. The Balaban J connectivity index is 1.96. The average Bonchev–Trinajstić information content (AvgIpc) is 2.83. The summed E-state index contributed by atoms with van der Waals surface area (Å²) in [5, 5.41) is 3.04. The standard InChI is InChI=1S/C16H17FN2/c1-18-10-11-4-6-13(15(17)9-11)14-7-5-12-3-2-8-19-16(12)14/h2-4,6,8-9,14,18H,5,7,10H2,1H3. The fourth-order valence-electron chi connectivity index (χ4n) is 2.88. The minimum Gasteiger partial charge on any atom is -0.316 e.